The highest BCUT2D eigenvalue weighted by molar-refractivity contribution is 7.47. The van der Waals surface area contributed by atoms with E-state index in [9.17, 15) is 44.6 Å². The van der Waals surface area contributed by atoms with Crippen LogP contribution in [0.4, 0.5) is 0 Å². The molecule has 1 rings (SSSR count). The lowest BCUT2D eigenvalue weighted by molar-refractivity contribution is -0.220. The van der Waals surface area contributed by atoms with E-state index in [1.54, 1.807) is 0 Å². The molecule has 0 bridgehead atoms. The summed E-state index contributed by atoms with van der Waals surface area (Å²) in [5.41, 5.74) is 0. The molecule has 0 radical (unpaired) electrons. The molecule has 230 valence electrons. The second kappa shape index (κ2) is 19.1. The van der Waals surface area contributed by atoms with Crippen molar-refractivity contribution in [3.05, 3.63) is 0 Å². The first-order chi connectivity index (χ1) is 18.4. The Morgan fingerprint density at radius 2 is 1.15 bits per heavy atom. The van der Waals surface area contributed by atoms with Crippen LogP contribution in [-0.4, -0.2) is 98.3 Å². The monoisotopic (exact) mass is 586 g/mol. The number of aliphatic hydroxyl groups excluding tert-OH is 5. The van der Waals surface area contributed by atoms with Gasteiger partial charge in [-0.1, -0.05) is 65.2 Å². The smallest absolute Gasteiger partial charge is 0.462 e. The molecule has 8 atom stereocenters. The zero-order valence-electron chi connectivity index (χ0n) is 22.9. The number of unbranched alkanes of at least 4 members (excludes halogenated alkanes) is 8. The first kappa shape index (κ1) is 35.9. The molecule has 0 aromatic rings. The van der Waals surface area contributed by atoms with E-state index in [0.717, 1.165) is 51.4 Å². The summed E-state index contributed by atoms with van der Waals surface area (Å²) in [4.78, 5) is 34.5. The molecule has 1 aliphatic carbocycles. The average Bonchev–Trinajstić information content (AvgIpc) is 2.90. The Morgan fingerprint density at radius 3 is 1.72 bits per heavy atom. The number of carbonyl (C=O) groups excluding carboxylic acids is 2. The number of phosphoric ester groups is 1. The second-order valence-corrected chi connectivity index (χ2v) is 11.3. The number of carbonyl (C=O) groups is 2. The molecule has 0 amide bonds. The van der Waals surface area contributed by atoms with Gasteiger partial charge in [-0.3, -0.25) is 18.6 Å². The van der Waals surface area contributed by atoms with Crippen LogP contribution in [0.2, 0.25) is 0 Å². The summed E-state index contributed by atoms with van der Waals surface area (Å²) in [5, 5.41) is 49.3. The third-order valence-electron chi connectivity index (χ3n) is 6.45. The van der Waals surface area contributed by atoms with Crippen molar-refractivity contribution >= 4 is 19.8 Å². The molecule has 0 aromatic heterocycles. The van der Waals surface area contributed by atoms with Crippen molar-refractivity contribution in [2.24, 2.45) is 0 Å². The molecular formula is C25H47O13P. The van der Waals surface area contributed by atoms with Gasteiger partial charge < -0.3 is 39.9 Å². The Kier molecular flexibility index (Phi) is 17.5. The minimum atomic E-state index is -5.07. The third kappa shape index (κ3) is 13.8. The van der Waals surface area contributed by atoms with Gasteiger partial charge in [0.25, 0.3) is 0 Å². The normalized spacial score (nSPS) is 27.5. The Bertz CT molecular complexity index is 735. The van der Waals surface area contributed by atoms with Crippen molar-refractivity contribution in [2.45, 2.75) is 134 Å². The highest BCUT2D eigenvalue weighted by Crippen LogP contribution is 2.47. The van der Waals surface area contributed by atoms with E-state index in [4.69, 9.17) is 18.5 Å². The highest BCUT2D eigenvalue weighted by atomic mass is 31.2. The molecule has 0 aromatic carbocycles. The summed E-state index contributed by atoms with van der Waals surface area (Å²) in [7, 11) is -5.07. The predicted octanol–water partition coefficient (Wildman–Crippen LogP) is 1.48. The lowest BCUT2D eigenvalue weighted by Crippen LogP contribution is -2.64. The van der Waals surface area contributed by atoms with E-state index in [1.807, 2.05) is 6.92 Å². The zero-order chi connectivity index (χ0) is 29.4. The number of hydrogen-bond donors (Lipinski definition) is 6. The summed E-state index contributed by atoms with van der Waals surface area (Å²) >= 11 is 0. The minimum Gasteiger partial charge on any atom is -0.462 e. The summed E-state index contributed by atoms with van der Waals surface area (Å²) in [6.45, 7) is 2.97. The van der Waals surface area contributed by atoms with Crippen molar-refractivity contribution in [1.29, 1.82) is 0 Å². The fraction of sp³-hybridized carbons (Fsp3) is 0.920. The molecule has 13 nitrogen and oxygen atoms in total. The first-order valence-corrected chi connectivity index (χ1v) is 15.3. The van der Waals surface area contributed by atoms with Gasteiger partial charge in [0.15, 0.2) is 6.10 Å². The number of aliphatic hydroxyl groups is 5. The number of phosphoric acid groups is 1. The lowest BCUT2D eigenvalue weighted by atomic mass is 9.85. The maximum absolute atomic E-state index is 12.5. The Balaban J connectivity index is 2.70. The van der Waals surface area contributed by atoms with Crippen molar-refractivity contribution in [3.63, 3.8) is 0 Å². The summed E-state index contributed by atoms with van der Waals surface area (Å²) in [6, 6.07) is 0. The van der Waals surface area contributed by atoms with E-state index in [0.29, 0.717) is 12.8 Å². The van der Waals surface area contributed by atoms with Crippen LogP contribution in [0.15, 0.2) is 0 Å². The van der Waals surface area contributed by atoms with Crippen molar-refractivity contribution in [2.75, 3.05) is 13.2 Å². The van der Waals surface area contributed by atoms with Crippen LogP contribution in [0.3, 0.4) is 0 Å². The SMILES string of the molecule is CCCCCCCCC(=O)O[C@H](COC(=O)CCCCCC)COP(=O)(O)OC1[C@@H](O)[C@H](O)C(O)[C@@H](O)[C@H]1O. The van der Waals surface area contributed by atoms with E-state index >= 15 is 0 Å². The quantitative estimate of drug-likeness (QED) is 0.0679. The maximum Gasteiger partial charge on any atom is 0.472 e. The Morgan fingerprint density at radius 1 is 0.692 bits per heavy atom. The van der Waals surface area contributed by atoms with Gasteiger partial charge >= 0.3 is 19.8 Å². The van der Waals surface area contributed by atoms with Gasteiger partial charge in [-0.2, -0.15) is 0 Å². The standard InChI is InChI=1S/C25H47O13P/c1-3-5-7-9-10-12-14-19(27)37-17(15-35-18(26)13-11-8-6-4-2)16-36-39(33,34)38-25-23(31)21(29)20(28)22(30)24(25)32/h17,20-25,28-32H,3-16H2,1-2H3,(H,33,34)/t17-,20?,21-,22-,23-,24+,25?/m1/s1. The number of esters is 2. The highest BCUT2D eigenvalue weighted by Gasteiger charge is 2.51. The zero-order valence-corrected chi connectivity index (χ0v) is 23.8. The van der Waals surface area contributed by atoms with Crippen molar-refractivity contribution in [1.82, 2.24) is 0 Å². The summed E-state index contributed by atoms with van der Waals surface area (Å²) in [6.07, 6.45) is -3.74. The molecule has 1 aliphatic rings. The molecule has 14 heteroatoms. The van der Waals surface area contributed by atoms with Gasteiger partial charge in [-0.05, 0) is 12.8 Å². The van der Waals surface area contributed by atoms with Gasteiger partial charge in [-0.15, -0.1) is 0 Å². The van der Waals surface area contributed by atoms with Crippen LogP contribution in [0, 0.1) is 0 Å². The van der Waals surface area contributed by atoms with Gasteiger partial charge in [0, 0.05) is 12.8 Å². The maximum atomic E-state index is 12.5. The molecule has 0 heterocycles. The van der Waals surface area contributed by atoms with E-state index in [1.165, 1.54) is 0 Å². The largest absolute Gasteiger partial charge is 0.472 e. The fourth-order valence-corrected chi connectivity index (χ4v) is 5.02. The number of rotatable bonds is 20. The molecule has 1 saturated carbocycles. The van der Waals surface area contributed by atoms with Crippen LogP contribution in [-0.2, 0) is 32.7 Å². The Hall–Kier alpha value is -1.15. The van der Waals surface area contributed by atoms with Crippen molar-refractivity contribution < 1.29 is 63.1 Å². The van der Waals surface area contributed by atoms with E-state index in [-0.39, 0.29) is 12.8 Å². The molecule has 3 unspecified atom stereocenters. The number of hydrogen-bond acceptors (Lipinski definition) is 12. The molecule has 39 heavy (non-hydrogen) atoms. The van der Waals surface area contributed by atoms with E-state index in [2.05, 4.69) is 6.92 Å². The van der Waals surface area contributed by atoms with Crippen LogP contribution in [0.5, 0.6) is 0 Å². The number of ether oxygens (including phenoxy) is 2. The van der Waals surface area contributed by atoms with Crippen LogP contribution < -0.4 is 0 Å². The third-order valence-corrected chi connectivity index (χ3v) is 7.43. The first-order valence-electron chi connectivity index (χ1n) is 13.8. The van der Waals surface area contributed by atoms with Gasteiger partial charge in [0.1, 0.15) is 43.2 Å². The Labute approximate surface area is 230 Å². The summed E-state index contributed by atoms with van der Waals surface area (Å²) < 4.78 is 32.6. The molecule has 0 aliphatic heterocycles. The van der Waals surface area contributed by atoms with Crippen LogP contribution in [0.25, 0.3) is 0 Å². The van der Waals surface area contributed by atoms with Gasteiger partial charge in [0.05, 0.1) is 6.61 Å². The van der Waals surface area contributed by atoms with Crippen LogP contribution in [0.1, 0.15) is 90.9 Å². The minimum absolute atomic E-state index is 0.0967. The molecular weight excluding hydrogens is 539 g/mol. The molecule has 0 spiro atoms. The lowest BCUT2D eigenvalue weighted by Gasteiger charge is -2.41. The average molecular weight is 587 g/mol. The van der Waals surface area contributed by atoms with Gasteiger partial charge in [-0.25, -0.2) is 4.57 Å². The second-order valence-electron chi connectivity index (χ2n) is 9.91. The van der Waals surface area contributed by atoms with Crippen molar-refractivity contribution in [3.8, 4) is 0 Å². The van der Waals surface area contributed by atoms with Crippen LogP contribution >= 0.6 is 7.82 Å². The summed E-state index contributed by atoms with van der Waals surface area (Å²) in [5.74, 6) is -1.13. The molecule has 0 saturated heterocycles. The topological polar surface area (TPSA) is 210 Å². The molecule has 6 N–H and O–H groups in total. The predicted molar refractivity (Wildman–Crippen MR) is 138 cm³/mol. The van der Waals surface area contributed by atoms with Gasteiger partial charge in [0.2, 0.25) is 0 Å². The molecule has 1 fully saturated rings. The fourth-order valence-electron chi connectivity index (χ4n) is 4.05. The van der Waals surface area contributed by atoms with E-state index < -0.39 is 75.7 Å².